The Hall–Kier alpha value is -1.44. The Morgan fingerprint density at radius 3 is 2.81 bits per heavy atom. The minimum Gasteiger partial charge on any atom is -0.369 e. The van der Waals surface area contributed by atoms with Crippen molar-refractivity contribution in [2.24, 2.45) is 11.1 Å². The van der Waals surface area contributed by atoms with E-state index in [1.54, 1.807) is 26.0 Å². The SMILES string of the molecule is CC(C)(CNS(=O)(=O)c1cccc2c1CCNC2)C(N)=O. The Labute approximate surface area is 125 Å². The summed E-state index contributed by atoms with van der Waals surface area (Å²) in [5.41, 5.74) is 6.19. The second kappa shape index (κ2) is 5.75. The number of sulfonamides is 1. The molecule has 1 aromatic rings. The van der Waals surface area contributed by atoms with E-state index in [2.05, 4.69) is 10.0 Å². The largest absolute Gasteiger partial charge is 0.369 e. The molecule has 0 bridgehead atoms. The maximum Gasteiger partial charge on any atom is 0.240 e. The van der Waals surface area contributed by atoms with E-state index < -0.39 is 21.3 Å². The summed E-state index contributed by atoms with van der Waals surface area (Å²) < 4.78 is 27.5. The number of benzene rings is 1. The van der Waals surface area contributed by atoms with E-state index in [4.69, 9.17) is 5.73 Å². The number of nitrogens with two attached hydrogens (primary N) is 1. The second-order valence-corrected chi connectivity index (χ2v) is 7.63. The smallest absolute Gasteiger partial charge is 0.240 e. The predicted molar refractivity (Wildman–Crippen MR) is 80.0 cm³/mol. The Bertz CT molecular complexity index is 653. The first-order valence-corrected chi connectivity index (χ1v) is 8.33. The molecule has 0 aliphatic carbocycles. The van der Waals surface area contributed by atoms with Crippen LogP contribution in [0.15, 0.2) is 23.1 Å². The topological polar surface area (TPSA) is 101 Å². The second-order valence-electron chi connectivity index (χ2n) is 5.89. The summed E-state index contributed by atoms with van der Waals surface area (Å²) in [7, 11) is -3.65. The minimum atomic E-state index is -3.65. The predicted octanol–water partition coefficient (Wildman–Crippen LogP) is 0.122. The summed E-state index contributed by atoms with van der Waals surface area (Å²) in [6, 6.07) is 5.26. The number of primary amides is 1. The molecule has 2 rings (SSSR count). The van der Waals surface area contributed by atoms with Crippen LogP contribution in [0.5, 0.6) is 0 Å². The van der Waals surface area contributed by atoms with E-state index in [-0.39, 0.29) is 6.54 Å². The van der Waals surface area contributed by atoms with Gasteiger partial charge in [0, 0.05) is 13.1 Å². The van der Waals surface area contributed by atoms with E-state index in [1.807, 2.05) is 6.07 Å². The standard InChI is InChI=1S/C14H21N3O3S/c1-14(2,13(15)18)9-17-21(19,20)12-5-3-4-10-8-16-7-6-11(10)12/h3-5,16-17H,6-9H2,1-2H3,(H2,15,18). The molecule has 1 heterocycles. The first kappa shape index (κ1) is 15.9. The van der Waals surface area contributed by atoms with E-state index >= 15 is 0 Å². The molecule has 4 N–H and O–H groups in total. The number of carbonyl (C=O) groups is 1. The van der Waals surface area contributed by atoms with Crippen LogP contribution in [0.1, 0.15) is 25.0 Å². The number of amides is 1. The molecule has 0 fully saturated rings. The van der Waals surface area contributed by atoms with E-state index in [0.29, 0.717) is 17.9 Å². The van der Waals surface area contributed by atoms with Gasteiger partial charge in [-0.05, 0) is 44.0 Å². The van der Waals surface area contributed by atoms with Crippen LogP contribution in [0.2, 0.25) is 0 Å². The van der Waals surface area contributed by atoms with E-state index in [9.17, 15) is 13.2 Å². The third kappa shape index (κ3) is 3.42. The van der Waals surface area contributed by atoms with Gasteiger partial charge in [-0.1, -0.05) is 12.1 Å². The molecule has 1 amide bonds. The van der Waals surface area contributed by atoms with Gasteiger partial charge >= 0.3 is 0 Å². The van der Waals surface area contributed by atoms with Crippen LogP contribution in [0, 0.1) is 5.41 Å². The van der Waals surface area contributed by atoms with Crippen LogP contribution < -0.4 is 15.8 Å². The molecule has 21 heavy (non-hydrogen) atoms. The number of nitrogens with one attached hydrogen (secondary N) is 2. The summed E-state index contributed by atoms with van der Waals surface area (Å²) in [6.45, 7) is 4.63. The van der Waals surface area contributed by atoms with Crippen molar-refractivity contribution in [3.8, 4) is 0 Å². The highest BCUT2D eigenvalue weighted by Gasteiger charge is 2.29. The molecule has 0 spiro atoms. The van der Waals surface area contributed by atoms with Gasteiger partial charge in [-0.25, -0.2) is 13.1 Å². The van der Waals surface area contributed by atoms with Gasteiger partial charge in [0.05, 0.1) is 10.3 Å². The molecule has 6 nitrogen and oxygen atoms in total. The lowest BCUT2D eigenvalue weighted by atomic mass is 9.93. The number of rotatable bonds is 5. The van der Waals surface area contributed by atoms with Crippen molar-refractivity contribution in [3.05, 3.63) is 29.3 Å². The molecule has 116 valence electrons. The first-order valence-electron chi connectivity index (χ1n) is 6.85. The molecule has 7 heteroatoms. The molecule has 0 unspecified atom stereocenters. The zero-order chi connectivity index (χ0) is 15.7. The fourth-order valence-corrected chi connectivity index (χ4v) is 3.71. The van der Waals surface area contributed by atoms with Crippen molar-refractivity contribution in [1.82, 2.24) is 10.0 Å². The Morgan fingerprint density at radius 2 is 2.14 bits per heavy atom. The Kier molecular flexibility index (Phi) is 4.36. The minimum absolute atomic E-state index is 0.0212. The van der Waals surface area contributed by atoms with Gasteiger partial charge in [-0.15, -0.1) is 0 Å². The zero-order valence-electron chi connectivity index (χ0n) is 12.3. The lowest BCUT2D eigenvalue weighted by Gasteiger charge is -2.23. The van der Waals surface area contributed by atoms with Crippen LogP contribution in [0.4, 0.5) is 0 Å². The molecule has 0 saturated heterocycles. The van der Waals surface area contributed by atoms with Gasteiger partial charge < -0.3 is 11.1 Å². The van der Waals surface area contributed by atoms with E-state index in [1.165, 1.54) is 0 Å². The fourth-order valence-electron chi connectivity index (χ4n) is 2.19. The normalized spacial score (nSPS) is 15.5. The van der Waals surface area contributed by atoms with Crippen LogP contribution in [0.25, 0.3) is 0 Å². The molecular formula is C14H21N3O3S. The molecular weight excluding hydrogens is 290 g/mol. The zero-order valence-corrected chi connectivity index (χ0v) is 13.1. The lowest BCUT2D eigenvalue weighted by molar-refractivity contribution is -0.125. The van der Waals surface area contributed by atoms with E-state index in [0.717, 1.165) is 17.7 Å². The number of hydrogen-bond donors (Lipinski definition) is 3. The van der Waals surface area contributed by atoms with Crippen molar-refractivity contribution >= 4 is 15.9 Å². The van der Waals surface area contributed by atoms with Crippen molar-refractivity contribution < 1.29 is 13.2 Å². The highest BCUT2D eigenvalue weighted by molar-refractivity contribution is 7.89. The molecule has 1 aromatic carbocycles. The molecule has 0 atom stereocenters. The first-order chi connectivity index (χ1) is 9.74. The fraction of sp³-hybridized carbons (Fsp3) is 0.500. The Balaban J connectivity index is 2.27. The van der Waals surface area contributed by atoms with Gasteiger partial charge in [0.25, 0.3) is 0 Å². The maximum absolute atomic E-state index is 12.5. The molecule has 0 aromatic heterocycles. The third-order valence-electron chi connectivity index (χ3n) is 3.76. The third-order valence-corrected chi connectivity index (χ3v) is 5.24. The van der Waals surface area contributed by atoms with Gasteiger partial charge in [0.2, 0.25) is 15.9 Å². The summed E-state index contributed by atoms with van der Waals surface area (Å²) in [6.07, 6.45) is 0.672. The molecule has 0 saturated carbocycles. The monoisotopic (exact) mass is 311 g/mol. The van der Waals surface area contributed by atoms with Gasteiger partial charge in [-0.2, -0.15) is 0 Å². The van der Waals surface area contributed by atoms with Crippen LogP contribution in [-0.2, 0) is 27.8 Å². The number of fused-ring (bicyclic) bond motifs is 1. The van der Waals surface area contributed by atoms with Crippen molar-refractivity contribution in [1.29, 1.82) is 0 Å². The van der Waals surface area contributed by atoms with Crippen molar-refractivity contribution in [2.75, 3.05) is 13.1 Å². The highest BCUT2D eigenvalue weighted by Crippen LogP contribution is 2.23. The summed E-state index contributed by atoms with van der Waals surface area (Å²) in [4.78, 5) is 11.6. The van der Waals surface area contributed by atoms with Gasteiger partial charge in [0.15, 0.2) is 0 Å². The molecule has 1 aliphatic heterocycles. The summed E-state index contributed by atoms with van der Waals surface area (Å²) >= 11 is 0. The van der Waals surface area contributed by atoms with Gasteiger partial charge in [0.1, 0.15) is 0 Å². The average molecular weight is 311 g/mol. The molecule has 0 radical (unpaired) electrons. The van der Waals surface area contributed by atoms with Gasteiger partial charge in [-0.3, -0.25) is 4.79 Å². The van der Waals surface area contributed by atoms with Crippen molar-refractivity contribution in [3.63, 3.8) is 0 Å². The molecule has 1 aliphatic rings. The van der Waals surface area contributed by atoms with Crippen molar-refractivity contribution in [2.45, 2.75) is 31.7 Å². The summed E-state index contributed by atoms with van der Waals surface area (Å²) in [5.74, 6) is -0.538. The average Bonchev–Trinajstić information content (AvgIpc) is 2.44. The Morgan fingerprint density at radius 1 is 1.43 bits per heavy atom. The maximum atomic E-state index is 12.5. The lowest BCUT2D eigenvalue weighted by Crippen LogP contribution is -2.42. The highest BCUT2D eigenvalue weighted by atomic mass is 32.2. The summed E-state index contributed by atoms with van der Waals surface area (Å²) in [5, 5.41) is 3.21. The van der Waals surface area contributed by atoms with Crippen LogP contribution in [0.3, 0.4) is 0 Å². The quantitative estimate of drug-likeness (QED) is 0.719. The van der Waals surface area contributed by atoms with Crippen LogP contribution >= 0.6 is 0 Å². The van der Waals surface area contributed by atoms with Crippen LogP contribution in [-0.4, -0.2) is 27.4 Å². The number of hydrogen-bond acceptors (Lipinski definition) is 4. The number of carbonyl (C=O) groups excluding carboxylic acids is 1.